The number of aryl methyl sites for hydroxylation is 1. The number of thiazole rings is 1. The highest BCUT2D eigenvalue weighted by molar-refractivity contribution is 7.16. The Morgan fingerprint density at radius 3 is 1.32 bits per heavy atom. The maximum absolute atomic E-state index is 13.9. The lowest BCUT2D eigenvalue weighted by molar-refractivity contribution is -0.135. The molecular weight excluding hydrogens is 675 g/mol. The van der Waals surface area contributed by atoms with Crippen molar-refractivity contribution in [3.8, 4) is 0 Å². The summed E-state index contributed by atoms with van der Waals surface area (Å²) in [5.41, 5.74) is 3.99. The zero-order valence-corrected chi connectivity index (χ0v) is 30.4. The van der Waals surface area contributed by atoms with Crippen LogP contribution in [0.4, 0.5) is 5.13 Å². The van der Waals surface area contributed by atoms with E-state index in [-0.39, 0.29) is 12.3 Å². The van der Waals surface area contributed by atoms with Crippen LogP contribution in [0.25, 0.3) is 0 Å². The van der Waals surface area contributed by atoms with Crippen molar-refractivity contribution in [2.75, 3.05) is 11.9 Å². The van der Waals surface area contributed by atoms with E-state index in [0.29, 0.717) is 10.8 Å². The summed E-state index contributed by atoms with van der Waals surface area (Å²) in [4.78, 5) is 26.5. The highest BCUT2D eigenvalue weighted by atomic mass is 32.1. The molecule has 0 bridgehead atoms. The van der Waals surface area contributed by atoms with Gasteiger partial charge in [0.15, 0.2) is 5.13 Å². The Hall–Kier alpha value is -6.31. The van der Waals surface area contributed by atoms with Gasteiger partial charge < -0.3 is 14.9 Å². The molecule has 7 heteroatoms. The second-order valence-corrected chi connectivity index (χ2v) is 13.6. The van der Waals surface area contributed by atoms with Crippen molar-refractivity contribution in [2.24, 2.45) is 5.16 Å². The number of ether oxygens (including phenoxy) is 1. The maximum Gasteiger partial charge on any atom is 0.362 e. The Labute approximate surface area is 314 Å². The molecule has 0 unspecified atom stereocenters. The van der Waals surface area contributed by atoms with Gasteiger partial charge in [0, 0.05) is 21.6 Å². The van der Waals surface area contributed by atoms with Gasteiger partial charge in [0.25, 0.3) is 0 Å². The van der Waals surface area contributed by atoms with Crippen LogP contribution in [-0.4, -0.2) is 23.3 Å². The number of nitrogens with one attached hydrogen (secondary N) is 1. The van der Waals surface area contributed by atoms with E-state index in [0.717, 1.165) is 38.3 Å². The second-order valence-electron chi connectivity index (χ2n) is 12.4. The Kier molecular flexibility index (Phi) is 10.6. The van der Waals surface area contributed by atoms with E-state index in [1.54, 1.807) is 6.92 Å². The number of carbonyl (C=O) groups is 1. The Balaban J connectivity index is 1.39. The summed E-state index contributed by atoms with van der Waals surface area (Å²) in [5.74, 6) is -0.629. The van der Waals surface area contributed by atoms with Crippen molar-refractivity contribution in [3.05, 3.63) is 226 Å². The van der Waals surface area contributed by atoms with Crippen molar-refractivity contribution in [1.82, 2.24) is 4.98 Å². The van der Waals surface area contributed by atoms with E-state index in [1.807, 2.05) is 153 Å². The van der Waals surface area contributed by atoms with Crippen molar-refractivity contribution < 1.29 is 14.4 Å². The number of aromatic nitrogens is 1. The number of carbonyl (C=O) groups excluding carboxylic acids is 1. The van der Waals surface area contributed by atoms with E-state index < -0.39 is 17.1 Å². The van der Waals surface area contributed by atoms with Crippen molar-refractivity contribution >= 4 is 28.1 Å². The first-order valence-electron chi connectivity index (χ1n) is 17.6. The Bertz CT molecular complexity index is 2070. The van der Waals surface area contributed by atoms with Gasteiger partial charge in [-0.05, 0) is 30.5 Å². The average molecular weight is 714 g/mol. The summed E-state index contributed by atoms with van der Waals surface area (Å²) < 4.78 is 5.61. The molecule has 6 aromatic carbocycles. The SMILES string of the molecule is CCOC(=O)/C(=N/OC(c1ccccc1)(c1ccccc1)c1ccccc1)c1nc(NC(c2ccccc2)(c2ccccc2)c2ccccc2)sc1C. The molecular formula is C46H39N3O3S. The molecule has 53 heavy (non-hydrogen) atoms. The Morgan fingerprint density at radius 1 is 0.604 bits per heavy atom. The molecule has 0 radical (unpaired) electrons. The van der Waals surface area contributed by atoms with E-state index >= 15 is 0 Å². The second kappa shape index (κ2) is 15.9. The fourth-order valence-electron chi connectivity index (χ4n) is 6.78. The molecule has 1 heterocycles. The highest BCUT2D eigenvalue weighted by Gasteiger charge is 2.41. The highest BCUT2D eigenvalue weighted by Crippen LogP contribution is 2.43. The summed E-state index contributed by atoms with van der Waals surface area (Å²) in [6.45, 7) is 3.86. The smallest absolute Gasteiger partial charge is 0.362 e. The number of nitrogens with zero attached hydrogens (tertiary/aromatic N) is 2. The minimum atomic E-state index is -1.20. The van der Waals surface area contributed by atoms with Crippen LogP contribution in [0.5, 0.6) is 0 Å². The molecule has 0 aliphatic heterocycles. The van der Waals surface area contributed by atoms with Gasteiger partial charge in [0.05, 0.1) is 6.61 Å². The van der Waals surface area contributed by atoms with Gasteiger partial charge >= 0.3 is 5.97 Å². The molecule has 0 amide bonds. The molecule has 7 rings (SSSR count). The summed E-state index contributed by atoms with van der Waals surface area (Å²) in [6, 6.07) is 60.7. The topological polar surface area (TPSA) is 72.8 Å². The first-order valence-corrected chi connectivity index (χ1v) is 18.4. The number of hydrogen-bond donors (Lipinski definition) is 1. The number of esters is 1. The number of hydrogen-bond acceptors (Lipinski definition) is 7. The summed E-state index contributed by atoms with van der Waals surface area (Å²) >= 11 is 1.45. The third-order valence-electron chi connectivity index (χ3n) is 9.22. The monoisotopic (exact) mass is 713 g/mol. The summed E-state index contributed by atoms with van der Waals surface area (Å²) in [5, 5.41) is 9.16. The lowest BCUT2D eigenvalue weighted by Crippen LogP contribution is -2.38. The average Bonchev–Trinajstić information content (AvgIpc) is 3.59. The fraction of sp³-hybridized carbons (Fsp3) is 0.109. The summed E-state index contributed by atoms with van der Waals surface area (Å²) in [7, 11) is 0. The molecule has 0 aliphatic rings. The van der Waals surface area contributed by atoms with Gasteiger partial charge in [-0.25, -0.2) is 9.78 Å². The number of rotatable bonds is 13. The van der Waals surface area contributed by atoms with Crippen LogP contribution < -0.4 is 5.32 Å². The third kappa shape index (κ3) is 6.99. The van der Waals surface area contributed by atoms with Gasteiger partial charge in [0.2, 0.25) is 11.3 Å². The molecule has 7 aromatic rings. The van der Waals surface area contributed by atoms with Gasteiger partial charge in [-0.3, -0.25) is 0 Å². The maximum atomic E-state index is 13.9. The lowest BCUT2D eigenvalue weighted by Gasteiger charge is -2.36. The van der Waals surface area contributed by atoms with Crippen LogP contribution in [0.2, 0.25) is 0 Å². The quantitative estimate of drug-likeness (QED) is 0.0558. The molecule has 0 fully saturated rings. The van der Waals surface area contributed by atoms with Crippen LogP contribution in [0, 0.1) is 6.92 Å². The first kappa shape index (κ1) is 35.1. The molecule has 0 atom stereocenters. The number of anilines is 1. The zero-order valence-electron chi connectivity index (χ0n) is 29.6. The molecule has 0 aliphatic carbocycles. The fourth-order valence-corrected chi connectivity index (χ4v) is 7.65. The molecule has 262 valence electrons. The van der Waals surface area contributed by atoms with Crippen molar-refractivity contribution in [2.45, 2.75) is 25.0 Å². The largest absolute Gasteiger partial charge is 0.461 e. The number of benzene rings is 6. The van der Waals surface area contributed by atoms with Gasteiger partial charge in [-0.1, -0.05) is 187 Å². The molecule has 6 nitrogen and oxygen atoms in total. The van der Waals surface area contributed by atoms with Gasteiger partial charge in [-0.2, -0.15) is 0 Å². The van der Waals surface area contributed by atoms with Crippen LogP contribution in [-0.2, 0) is 25.5 Å². The lowest BCUT2D eigenvalue weighted by atomic mass is 9.77. The minimum absolute atomic E-state index is 0.0226. The molecule has 0 spiro atoms. The molecule has 1 N–H and O–H groups in total. The third-order valence-corrected chi connectivity index (χ3v) is 10.1. The Morgan fingerprint density at radius 2 is 0.962 bits per heavy atom. The standard InChI is InChI=1S/C46H39N3O3S/c1-3-51-43(50)42(49-52-46(38-28-16-7-17-29-38,39-30-18-8-19-31-39)40-32-20-9-21-33-40)41-34(2)53-44(47-41)48-45(35-22-10-4-11-23-35,36-24-12-5-13-25-36)37-26-14-6-15-27-37/h4-33H,3H2,1-2H3,(H,47,48)/b49-42+. The molecule has 0 saturated carbocycles. The van der Waals surface area contributed by atoms with Crippen LogP contribution in [0.3, 0.4) is 0 Å². The van der Waals surface area contributed by atoms with Crippen molar-refractivity contribution in [3.63, 3.8) is 0 Å². The van der Waals surface area contributed by atoms with E-state index in [2.05, 4.69) is 41.7 Å². The minimum Gasteiger partial charge on any atom is -0.461 e. The van der Waals surface area contributed by atoms with Crippen LogP contribution in [0.1, 0.15) is 50.9 Å². The molecule has 1 aromatic heterocycles. The zero-order chi connectivity index (χ0) is 36.5. The van der Waals surface area contributed by atoms with Gasteiger partial charge in [0.1, 0.15) is 11.2 Å². The predicted octanol–water partition coefficient (Wildman–Crippen LogP) is 10.1. The normalized spacial score (nSPS) is 11.8. The van der Waals surface area contributed by atoms with E-state index in [1.165, 1.54) is 11.3 Å². The predicted molar refractivity (Wildman–Crippen MR) is 213 cm³/mol. The van der Waals surface area contributed by atoms with E-state index in [9.17, 15) is 4.79 Å². The van der Waals surface area contributed by atoms with Crippen LogP contribution in [0.15, 0.2) is 187 Å². The summed E-state index contributed by atoms with van der Waals surface area (Å²) in [6.07, 6.45) is 0. The number of oxime groups is 1. The van der Waals surface area contributed by atoms with Gasteiger partial charge in [-0.15, -0.1) is 11.3 Å². The molecule has 0 saturated heterocycles. The van der Waals surface area contributed by atoms with Crippen LogP contribution >= 0.6 is 11.3 Å². The van der Waals surface area contributed by atoms with Crippen molar-refractivity contribution in [1.29, 1.82) is 0 Å². The first-order chi connectivity index (χ1) is 26.1. The van der Waals surface area contributed by atoms with E-state index in [4.69, 9.17) is 19.7 Å².